The molecule has 2 aromatic carbocycles. The Bertz CT molecular complexity index is 2630. The number of rotatable bonds is 10. The van der Waals surface area contributed by atoms with Crippen LogP contribution in [0.5, 0.6) is 6.01 Å². The molecule has 0 radical (unpaired) electrons. The van der Waals surface area contributed by atoms with E-state index in [-0.39, 0.29) is 43.7 Å². The zero-order valence-electron chi connectivity index (χ0n) is 37.7. The van der Waals surface area contributed by atoms with Crippen molar-refractivity contribution in [2.75, 3.05) is 6.54 Å². The molecule has 0 spiro atoms. The van der Waals surface area contributed by atoms with Gasteiger partial charge in [-0.15, -0.1) is 11.3 Å². The standard InChI is InChI=1S/C47H58FN7O8S2/c1-28(2)55-36-20-14-17-33(40-49-31(27-64-40)23-29-15-12-13-18-34(29)48)38(36)51-43(55)62-32-24-37-39(56)52-47(42(58)53-65(60,61)46(6)21-22-46)25-30(47)16-10-8-7-9-11-19-35(41(57)54(37)26-32)50-44(59)63-45(3,4)5/h10,12-18,20,27-28,30,32,35,37H,7-9,11,19,21-26H2,1-6H3,(H,50,59)(H,52,56)(H,53,58)/b16-10-/t30-,32-,35+,37+,47-/m1/s1. The molecule has 2 saturated carbocycles. The smallest absolute Gasteiger partial charge is 0.408 e. The molecular formula is C47H58FN7O8S2. The van der Waals surface area contributed by atoms with Gasteiger partial charge in [0.15, 0.2) is 0 Å². The van der Waals surface area contributed by atoms with Crippen molar-refractivity contribution >= 4 is 56.2 Å². The topological polar surface area (TPSA) is 191 Å². The number of imidazole rings is 1. The van der Waals surface area contributed by atoms with Gasteiger partial charge in [0.25, 0.3) is 11.9 Å². The lowest BCUT2D eigenvalue weighted by molar-refractivity contribution is -0.141. The summed E-state index contributed by atoms with van der Waals surface area (Å²) in [6.45, 7) is 10.7. The van der Waals surface area contributed by atoms with Gasteiger partial charge >= 0.3 is 6.09 Å². The molecule has 65 heavy (non-hydrogen) atoms. The third-order valence-electron chi connectivity index (χ3n) is 12.8. The number of carbonyl (C=O) groups excluding carboxylic acids is 4. The first-order valence-corrected chi connectivity index (χ1v) is 24.8. The molecule has 15 nitrogen and oxygen atoms in total. The minimum absolute atomic E-state index is 0.00531. The number of para-hydroxylation sites is 1. The van der Waals surface area contributed by atoms with E-state index in [0.717, 1.165) is 29.6 Å². The molecule has 4 aromatic rings. The van der Waals surface area contributed by atoms with Gasteiger partial charge in [-0.3, -0.25) is 23.7 Å². The predicted molar refractivity (Wildman–Crippen MR) is 244 cm³/mol. The number of nitrogens with zero attached hydrogens (tertiary/aromatic N) is 4. The van der Waals surface area contributed by atoms with Crippen LogP contribution in [0, 0.1) is 11.7 Å². The van der Waals surface area contributed by atoms with Crippen molar-refractivity contribution in [2.24, 2.45) is 5.92 Å². The van der Waals surface area contributed by atoms with Crippen LogP contribution in [0.15, 0.2) is 60.0 Å². The second kappa shape index (κ2) is 17.8. The van der Waals surface area contributed by atoms with Crippen LogP contribution in [0.1, 0.15) is 117 Å². The number of benzene rings is 2. The van der Waals surface area contributed by atoms with Gasteiger partial charge in [0.2, 0.25) is 21.8 Å². The van der Waals surface area contributed by atoms with Crippen molar-refractivity contribution in [3.8, 4) is 16.6 Å². The number of nitrogens with one attached hydrogen (secondary N) is 3. The Morgan fingerprint density at radius 3 is 2.55 bits per heavy atom. The van der Waals surface area contributed by atoms with Crippen LogP contribution < -0.4 is 20.1 Å². The molecule has 4 aliphatic rings. The van der Waals surface area contributed by atoms with E-state index in [1.165, 1.54) is 22.3 Å². The molecule has 3 fully saturated rings. The maximum absolute atomic E-state index is 14.8. The number of hydrogen-bond donors (Lipinski definition) is 3. The maximum atomic E-state index is 14.8. The zero-order chi connectivity index (χ0) is 46.5. The molecule has 2 aliphatic carbocycles. The summed E-state index contributed by atoms with van der Waals surface area (Å²) in [6.07, 6.45) is 6.70. The second-order valence-electron chi connectivity index (χ2n) is 19.3. The van der Waals surface area contributed by atoms with Crippen LogP contribution in [0.2, 0.25) is 0 Å². The molecule has 5 atom stereocenters. The first-order valence-electron chi connectivity index (χ1n) is 22.5. The summed E-state index contributed by atoms with van der Waals surface area (Å²) in [5.74, 6) is -2.74. The number of hydrogen-bond acceptors (Lipinski definition) is 11. The highest BCUT2D eigenvalue weighted by Gasteiger charge is 2.63. The number of aromatic nitrogens is 3. The van der Waals surface area contributed by atoms with E-state index in [1.807, 2.05) is 54.1 Å². The summed E-state index contributed by atoms with van der Waals surface area (Å²) in [6, 6.07) is 10.3. The SMILES string of the molecule is CC(C)n1c(O[C@@H]2C[C@H]3C(=O)N[C@]4(C(=O)NS(=O)(=O)C5(C)CC5)C[C@H]4/C=C\CCCCC[C@H](NC(=O)OC(C)(C)C)C(=O)N3C2)nc2c(-c3nc(Cc4ccccc4F)cs3)cccc21. The van der Waals surface area contributed by atoms with E-state index in [9.17, 15) is 32.0 Å². The molecule has 4 amide bonds. The third-order valence-corrected chi connectivity index (χ3v) is 15.8. The highest BCUT2D eigenvalue weighted by Crippen LogP contribution is 2.48. The van der Waals surface area contributed by atoms with Crippen molar-refractivity contribution in [3.63, 3.8) is 0 Å². The van der Waals surface area contributed by atoms with Gasteiger partial charge in [-0.1, -0.05) is 49.3 Å². The fraction of sp³-hybridized carbons (Fsp3) is 0.532. The number of carbonyl (C=O) groups is 4. The van der Waals surface area contributed by atoms with Crippen LogP contribution >= 0.6 is 11.3 Å². The lowest BCUT2D eigenvalue weighted by Gasteiger charge is -2.30. The van der Waals surface area contributed by atoms with Crippen molar-refractivity contribution in [1.82, 2.24) is 34.8 Å². The molecule has 348 valence electrons. The predicted octanol–water partition coefficient (Wildman–Crippen LogP) is 7.11. The van der Waals surface area contributed by atoms with Gasteiger partial charge in [0.05, 0.1) is 22.5 Å². The first-order chi connectivity index (χ1) is 30.8. The number of allylic oxidation sites excluding steroid dienone is 1. The second-order valence-corrected chi connectivity index (χ2v) is 22.4. The monoisotopic (exact) mass is 931 g/mol. The Kier molecular flexibility index (Phi) is 12.6. The largest absolute Gasteiger partial charge is 0.459 e. The van der Waals surface area contributed by atoms with E-state index in [1.54, 1.807) is 45.9 Å². The Morgan fingerprint density at radius 2 is 1.83 bits per heavy atom. The molecule has 3 N–H and O–H groups in total. The number of sulfonamides is 1. The minimum Gasteiger partial charge on any atom is -0.459 e. The van der Waals surface area contributed by atoms with Crippen molar-refractivity contribution in [3.05, 3.63) is 77.1 Å². The normalized spacial score (nSPS) is 25.1. The molecular weight excluding hydrogens is 874 g/mol. The number of amides is 4. The highest BCUT2D eigenvalue weighted by molar-refractivity contribution is 7.91. The molecule has 1 saturated heterocycles. The molecule has 18 heteroatoms. The van der Waals surface area contributed by atoms with Gasteiger partial charge in [-0.25, -0.2) is 22.6 Å². The number of thiazole rings is 1. The lowest BCUT2D eigenvalue weighted by Crippen LogP contribution is -2.58. The fourth-order valence-electron chi connectivity index (χ4n) is 8.74. The Labute approximate surface area is 383 Å². The molecule has 0 unspecified atom stereocenters. The number of ether oxygens (including phenoxy) is 2. The number of alkyl carbamates (subject to hydrolysis) is 1. The number of halogens is 1. The quantitative estimate of drug-likeness (QED) is 0.138. The van der Waals surface area contributed by atoms with E-state index >= 15 is 0 Å². The Morgan fingerprint density at radius 1 is 1.06 bits per heavy atom. The van der Waals surface area contributed by atoms with Crippen molar-refractivity contribution in [1.29, 1.82) is 0 Å². The fourth-order valence-corrected chi connectivity index (χ4v) is 10.9. The zero-order valence-corrected chi connectivity index (χ0v) is 39.3. The maximum Gasteiger partial charge on any atom is 0.408 e. The van der Waals surface area contributed by atoms with Crippen LogP contribution in [0.25, 0.3) is 21.6 Å². The van der Waals surface area contributed by atoms with Gasteiger partial charge in [0.1, 0.15) is 45.7 Å². The van der Waals surface area contributed by atoms with Crippen LogP contribution in [-0.4, -0.2) is 92.3 Å². The Hall–Kier alpha value is -5.36. The lowest BCUT2D eigenvalue weighted by atomic mass is 10.0. The van der Waals surface area contributed by atoms with Gasteiger partial charge in [-0.05, 0) is 104 Å². The van der Waals surface area contributed by atoms with Gasteiger partial charge in [-0.2, -0.15) is 4.98 Å². The summed E-state index contributed by atoms with van der Waals surface area (Å²) in [4.78, 5) is 67.9. The molecule has 4 heterocycles. The van der Waals surface area contributed by atoms with E-state index < -0.39 is 73.8 Å². The van der Waals surface area contributed by atoms with Crippen molar-refractivity contribution < 1.29 is 41.5 Å². The molecule has 0 bridgehead atoms. The van der Waals surface area contributed by atoms with Crippen molar-refractivity contribution in [2.45, 2.75) is 146 Å². The number of fused-ring (bicyclic) bond motifs is 3. The average molecular weight is 932 g/mol. The minimum atomic E-state index is -4.03. The molecule has 8 rings (SSSR count). The summed E-state index contributed by atoms with van der Waals surface area (Å²) < 4.78 is 56.5. The first kappa shape index (κ1) is 46.2. The van der Waals surface area contributed by atoms with Crippen LogP contribution in [-0.2, 0) is 35.6 Å². The summed E-state index contributed by atoms with van der Waals surface area (Å²) in [7, 11) is -4.03. The van der Waals surface area contributed by atoms with Gasteiger partial charge in [0, 0.05) is 35.7 Å². The average Bonchev–Trinajstić information content (AvgIpc) is 3.92. The van der Waals surface area contributed by atoms with E-state index in [4.69, 9.17) is 19.4 Å². The van der Waals surface area contributed by atoms with Crippen LogP contribution in [0.3, 0.4) is 0 Å². The summed E-state index contributed by atoms with van der Waals surface area (Å²) >= 11 is 1.43. The van der Waals surface area contributed by atoms with Gasteiger partial charge < -0.3 is 25.0 Å². The summed E-state index contributed by atoms with van der Waals surface area (Å²) in [5, 5.41) is 8.29. The van der Waals surface area contributed by atoms with Crippen LogP contribution in [0.4, 0.5) is 9.18 Å². The molecule has 2 aromatic heterocycles. The van der Waals surface area contributed by atoms with E-state index in [2.05, 4.69) is 15.4 Å². The Balaban J connectivity index is 1.11. The summed E-state index contributed by atoms with van der Waals surface area (Å²) in [5.41, 5.74) is 1.04. The van der Waals surface area contributed by atoms with E-state index in [0.29, 0.717) is 48.2 Å². The highest BCUT2D eigenvalue weighted by atomic mass is 32.2. The third kappa shape index (κ3) is 9.79. The molecule has 2 aliphatic heterocycles.